The first-order valence-corrected chi connectivity index (χ1v) is 8.72. The molecule has 4 aliphatic rings. The molecule has 6 atom stereocenters. The Morgan fingerprint density at radius 2 is 1.71 bits per heavy atom. The van der Waals surface area contributed by atoms with Gasteiger partial charge in [-0.1, -0.05) is 49.6 Å². The van der Waals surface area contributed by atoms with Gasteiger partial charge in [0.05, 0.1) is 6.10 Å². The highest BCUT2D eigenvalue weighted by Crippen LogP contribution is 2.74. The van der Waals surface area contributed by atoms with E-state index in [1.165, 1.54) is 50.5 Å². The van der Waals surface area contributed by atoms with Crippen molar-refractivity contribution < 1.29 is 9.84 Å². The van der Waals surface area contributed by atoms with Crippen LogP contribution in [0.1, 0.15) is 56.4 Å². The summed E-state index contributed by atoms with van der Waals surface area (Å²) in [5.41, 5.74) is 1.47. The fourth-order valence-corrected chi connectivity index (χ4v) is 6.27. The van der Waals surface area contributed by atoms with E-state index in [1.807, 2.05) is 0 Å². The van der Waals surface area contributed by atoms with Gasteiger partial charge in [-0.15, -0.1) is 0 Å². The number of ether oxygens (including phenoxy) is 1. The molecule has 21 heavy (non-hydrogen) atoms. The Kier molecular flexibility index (Phi) is 2.48. The first-order chi connectivity index (χ1) is 10.3. The van der Waals surface area contributed by atoms with Gasteiger partial charge in [0, 0.05) is 11.8 Å². The third-order valence-electron chi connectivity index (χ3n) is 6.98. The van der Waals surface area contributed by atoms with Crippen molar-refractivity contribution in [3.05, 3.63) is 35.9 Å². The van der Waals surface area contributed by atoms with Crippen molar-refractivity contribution in [2.24, 2.45) is 11.8 Å². The van der Waals surface area contributed by atoms with Crippen LogP contribution in [0.2, 0.25) is 0 Å². The number of hydrogen-bond donors (Lipinski definition) is 1. The molecule has 1 aromatic rings. The fraction of sp³-hybridized carbons (Fsp3) is 0.684. The van der Waals surface area contributed by atoms with E-state index in [2.05, 4.69) is 30.3 Å². The highest BCUT2D eigenvalue weighted by Gasteiger charge is 2.81. The largest absolute Gasteiger partial charge is 0.392 e. The summed E-state index contributed by atoms with van der Waals surface area (Å²) in [4.78, 5) is 0. The topological polar surface area (TPSA) is 32.8 Å². The summed E-state index contributed by atoms with van der Waals surface area (Å²) in [5, 5.41) is 11.0. The molecule has 2 nitrogen and oxygen atoms in total. The Morgan fingerprint density at radius 1 is 0.952 bits per heavy atom. The molecular formula is C19H24O2. The predicted octanol–water partition coefficient (Wildman–Crippen LogP) is 3.64. The molecule has 2 bridgehead atoms. The van der Waals surface area contributed by atoms with Crippen molar-refractivity contribution in [2.75, 3.05) is 0 Å². The summed E-state index contributed by atoms with van der Waals surface area (Å²) < 4.78 is 6.61. The molecule has 4 fully saturated rings. The molecule has 0 amide bonds. The highest BCUT2D eigenvalue weighted by atomic mass is 16.6. The zero-order valence-electron chi connectivity index (χ0n) is 12.5. The van der Waals surface area contributed by atoms with Gasteiger partial charge in [0.15, 0.2) is 0 Å². The molecule has 0 aromatic heterocycles. The van der Waals surface area contributed by atoms with Gasteiger partial charge in [-0.05, 0) is 37.2 Å². The molecule has 1 aliphatic heterocycles. The van der Waals surface area contributed by atoms with E-state index in [4.69, 9.17) is 4.74 Å². The van der Waals surface area contributed by atoms with E-state index in [0.29, 0.717) is 17.8 Å². The van der Waals surface area contributed by atoms with Gasteiger partial charge >= 0.3 is 0 Å². The Morgan fingerprint density at radius 3 is 2.52 bits per heavy atom. The van der Waals surface area contributed by atoms with Crippen LogP contribution in [-0.4, -0.2) is 22.4 Å². The smallest absolute Gasteiger partial charge is 0.106 e. The van der Waals surface area contributed by atoms with E-state index in [9.17, 15) is 5.11 Å². The van der Waals surface area contributed by atoms with E-state index in [0.717, 1.165) is 0 Å². The minimum atomic E-state index is -0.155. The fourth-order valence-electron chi connectivity index (χ4n) is 6.27. The van der Waals surface area contributed by atoms with Crippen molar-refractivity contribution in [1.29, 1.82) is 0 Å². The van der Waals surface area contributed by atoms with Crippen LogP contribution in [0.4, 0.5) is 0 Å². The first-order valence-electron chi connectivity index (χ1n) is 8.72. The maximum Gasteiger partial charge on any atom is 0.106 e. The van der Waals surface area contributed by atoms with Crippen molar-refractivity contribution in [3.63, 3.8) is 0 Å². The summed E-state index contributed by atoms with van der Waals surface area (Å²) in [6.07, 6.45) is 8.38. The molecular weight excluding hydrogens is 260 g/mol. The van der Waals surface area contributed by atoms with Crippen molar-refractivity contribution in [3.8, 4) is 0 Å². The standard InChI is InChI=1S/C19H24O2/c20-17-14-9-6-10-15(17)18-11-4-5-12-19(18,21-18)16(14)13-7-2-1-3-8-13/h1-3,7-8,14-17,20H,4-6,9-12H2/t14-,15-,16+,17+,18+,19+/m0/s1. The molecule has 3 aliphatic carbocycles. The second-order valence-corrected chi connectivity index (χ2v) is 7.67. The lowest BCUT2D eigenvalue weighted by Crippen LogP contribution is -2.57. The molecule has 5 rings (SSSR count). The van der Waals surface area contributed by atoms with Gasteiger partial charge in [0.25, 0.3) is 0 Å². The number of epoxide rings is 1. The average Bonchev–Trinajstić information content (AvgIpc) is 3.20. The quantitative estimate of drug-likeness (QED) is 0.799. The molecule has 0 unspecified atom stereocenters. The van der Waals surface area contributed by atoms with Gasteiger partial charge in [-0.25, -0.2) is 0 Å². The number of hydrogen-bond acceptors (Lipinski definition) is 2. The van der Waals surface area contributed by atoms with Crippen LogP contribution in [0.3, 0.4) is 0 Å². The molecule has 0 radical (unpaired) electrons. The van der Waals surface area contributed by atoms with Crippen LogP contribution in [0.25, 0.3) is 0 Å². The van der Waals surface area contributed by atoms with Gasteiger partial charge in [0.2, 0.25) is 0 Å². The third-order valence-corrected chi connectivity index (χ3v) is 6.98. The summed E-state index contributed by atoms with van der Waals surface area (Å²) in [6, 6.07) is 10.9. The van der Waals surface area contributed by atoms with Gasteiger partial charge < -0.3 is 9.84 Å². The number of rotatable bonds is 1. The summed E-state index contributed by atoms with van der Waals surface area (Å²) >= 11 is 0. The predicted molar refractivity (Wildman–Crippen MR) is 81.0 cm³/mol. The lowest BCUT2D eigenvalue weighted by atomic mass is 9.51. The van der Waals surface area contributed by atoms with Gasteiger partial charge in [0.1, 0.15) is 11.2 Å². The maximum atomic E-state index is 11.0. The second-order valence-electron chi connectivity index (χ2n) is 7.67. The highest BCUT2D eigenvalue weighted by molar-refractivity contribution is 5.38. The molecule has 112 valence electrons. The summed E-state index contributed by atoms with van der Waals surface area (Å²) in [5.74, 6) is 1.21. The van der Waals surface area contributed by atoms with E-state index >= 15 is 0 Å². The molecule has 1 heterocycles. The zero-order valence-corrected chi connectivity index (χ0v) is 12.5. The average molecular weight is 284 g/mol. The third kappa shape index (κ3) is 1.41. The van der Waals surface area contributed by atoms with Crippen LogP contribution in [-0.2, 0) is 4.74 Å². The van der Waals surface area contributed by atoms with Crippen LogP contribution >= 0.6 is 0 Å². The molecule has 1 saturated heterocycles. The monoisotopic (exact) mass is 284 g/mol. The minimum Gasteiger partial charge on any atom is -0.392 e. The molecule has 3 saturated carbocycles. The first kappa shape index (κ1) is 12.7. The van der Waals surface area contributed by atoms with Crippen molar-refractivity contribution >= 4 is 0 Å². The number of benzene rings is 1. The molecule has 1 N–H and O–H groups in total. The molecule has 0 spiro atoms. The van der Waals surface area contributed by atoms with Crippen LogP contribution in [0, 0.1) is 11.8 Å². The van der Waals surface area contributed by atoms with E-state index in [1.54, 1.807) is 0 Å². The van der Waals surface area contributed by atoms with E-state index < -0.39 is 0 Å². The van der Waals surface area contributed by atoms with Gasteiger partial charge in [-0.3, -0.25) is 0 Å². The minimum absolute atomic E-state index is 0.0160. The number of aliphatic hydroxyl groups is 1. The SMILES string of the molecule is O[C@@H]1[C@H]2CCC[C@@H]1[C@]13CCCC[C@@]1(O3)[C@@H]2c1ccccc1. The second kappa shape index (κ2) is 4.11. The summed E-state index contributed by atoms with van der Waals surface area (Å²) in [6.45, 7) is 0. The lowest BCUT2D eigenvalue weighted by Gasteiger charge is -2.51. The maximum absolute atomic E-state index is 11.0. The Bertz CT molecular complexity index is 556. The van der Waals surface area contributed by atoms with Crippen molar-refractivity contribution in [2.45, 2.75) is 68.2 Å². The lowest BCUT2D eigenvalue weighted by molar-refractivity contribution is -0.0557. The van der Waals surface area contributed by atoms with Crippen LogP contribution in [0.15, 0.2) is 30.3 Å². The summed E-state index contributed by atoms with van der Waals surface area (Å²) in [7, 11) is 0. The number of aliphatic hydroxyl groups excluding tert-OH is 1. The van der Waals surface area contributed by atoms with Crippen LogP contribution in [0.5, 0.6) is 0 Å². The molecule has 1 aromatic carbocycles. The van der Waals surface area contributed by atoms with Crippen molar-refractivity contribution in [1.82, 2.24) is 0 Å². The number of fused-ring (bicyclic) bond motifs is 2. The zero-order chi connectivity index (χ0) is 14.1. The van der Waals surface area contributed by atoms with E-state index in [-0.39, 0.29) is 17.3 Å². The van der Waals surface area contributed by atoms with Gasteiger partial charge in [-0.2, -0.15) is 0 Å². The Hall–Kier alpha value is -0.860. The Labute approximate surface area is 126 Å². The van der Waals surface area contributed by atoms with Crippen LogP contribution < -0.4 is 0 Å². The Balaban J connectivity index is 1.66. The normalized spacial score (nSPS) is 50.9. The molecule has 2 heteroatoms.